The lowest BCUT2D eigenvalue weighted by Crippen LogP contribution is -2.30. The molecule has 30 heavy (non-hydrogen) atoms. The third-order valence-corrected chi connectivity index (χ3v) is 5.57. The maximum absolute atomic E-state index is 13.2. The van der Waals surface area contributed by atoms with Gasteiger partial charge in [0.05, 0.1) is 7.11 Å². The van der Waals surface area contributed by atoms with Crippen molar-refractivity contribution in [1.82, 2.24) is 15.0 Å². The molecule has 1 unspecified atom stereocenters. The number of carbonyl (C=O) groups excluding carboxylic acids is 1. The number of likely N-dealkylation sites (tertiary alicyclic amines) is 1. The van der Waals surface area contributed by atoms with E-state index >= 15 is 0 Å². The van der Waals surface area contributed by atoms with Gasteiger partial charge >= 0.3 is 0 Å². The van der Waals surface area contributed by atoms with Gasteiger partial charge in [-0.2, -0.15) is 4.98 Å². The number of nitrogens with zero attached hydrogens (tertiary/aromatic N) is 3. The van der Waals surface area contributed by atoms with Crippen LogP contribution >= 0.6 is 0 Å². The molecule has 2 aromatic carbocycles. The fourth-order valence-corrected chi connectivity index (χ4v) is 3.80. The molecule has 1 aromatic heterocycles. The Morgan fingerprint density at radius 1 is 1.17 bits per heavy atom. The van der Waals surface area contributed by atoms with Crippen LogP contribution in [0.15, 0.2) is 53.1 Å². The van der Waals surface area contributed by atoms with E-state index in [2.05, 4.69) is 30.9 Å². The van der Waals surface area contributed by atoms with E-state index in [0.29, 0.717) is 23.8 Å². The zero-order chi connectivity index (χ0) is 21.3. The van der Waals surface area contributed by atoms with Gasteiger partial charge in [-0.3, -0.25) is 4.79 Å². The summed E-state index contributed by atoms with van der Waals surface area (Å²) in [4.78, 5) is 19.6. The summed E-state index contributed by atoms with van der Waals surface area (Å²) in [6.07, 6.45) is 1.72. The average Bonchev–Trinajstić information content (AvgIpc) is 3.42. The quantitative estimate of drug-likeness (QED) is 0.610. The second-order valence-corrected chi connectivity index (χ2v) is 8.67. The van der Waals surface area contributed by atoms with Crippen LogP contribution in [0.5, 0.6) is 5.75 Å². The highest BCUT2D eigenvalue weighted by atomic mass is 16.5. The van der Waals surface area contributed by atoms with Gasteiger partial charge in [-0.1, -0.05) is 50.2 Å². The molecule has 0 radical (unpaired) electrons. The van der Waals surface area contributed by atoms with Gasteiger partial charge in [0.1, 0.15) is 11.8 Å². The summed E-state index contributed by atoms with van der Waals surface area (Å²) in [5.41, 5.74) is 2.76. The molecule has 1 atom stereocenters. The van der Waals surface area contributed by atoms with Crippen molar-refractivity contribution in [2.24, 2.45) is 0 Å². The number of carbonyl (C=O) groups is 1. The van der Waals surface area contributed by atoms with E-state index in [1.54, 1.807) is 7.11 Å². The second kappa shape index (κ2) is 7.94. The van der Waals surface area contributed by atoms with Crippen LogP contribution in [-0.2, 0) is 5.41 Å². The first-order valence-electron chi connectivity index (χ1n) is 10.3. The van der Waals surface area contributed by atoms with Crippen LogP contribution in [0.3, 0.4) is 0 Å². The van der Waals surface area contributed by atoms with Crippen LogP contribution < -0.4 is 4.74 Å². The first-order chi connectivity index (χ1) is 14.4. The summed E-state index contributed by atoms with van der Waals surface area (Å²) in [6, 6.07) is 15.2. The molecule has 4 rings (SSSR count). The molecular weight excluding hydrogens is 378 g/mol. The Bertz CT molecular complexity index is 1030. The molecule has 6 nitrogen and oxygen atoms in total. The lowest BCUT2D eigenvalue weighted by Gasteiger charge is -2.23. The van der Waals surface area contributed by atoms with Crippen molar-refractivity contribution >= 4 is 5.91 Å². The van der Waals surface area contributed by atoms with Crippen LogP contribution in [0.2, 0.25) is 0 Å². The Labute approximate surface area is 176 Å². The van der Waals surface area contributed by atoms with Gasteiger partial charge in [0, 0.05) is 17.7 Å². The van der Waals surface area contributed by atoms with E-state index in [0.717, 1.165) is 24.2 Å². The van der Waals surface area contributed by atoms with Gasteiger partial charge in [0.15, 0.2) is 0 Å². The molecule has 1 fully saturated rings. The fourth-order valence-electron chi connectivity index (χ4n) is 3.80. The zero-order valence-electron chi connectivity index (χ0n) is 17.9. The highest BCUT2D eigenvalue weighted by Gasteiger charge is 2.34. The Morgan fingerprint density at radius 2 is 1.93 bits per heavy atom. The molecule has 1 amide bonds. The van der Waals surface area contributed by atoms with Crippen molar-refractivity contribution in [3.8, 4) is 17.1 Å². The molecule has 6 heteroatoms. The maximum atomic E-state index is 13.2. The molecule has 1 aliphatic rings. The smallest absolute Gasteiger partial charge is 0.254 e. The van der Waals surface area contributed by atoms with Crippen LogP contribution in [-0.4, -0.2) is 34.6 Å². The first-order valence-corrected chi connectivity index (χ1v) is 10.3. The Balaban J connectivity index is 1.55. The molecular formula is C24H27N3O3. The molecule has 3 aromatic rings. The summed E-state index contributed by atoms with van der Waals surface area (Å²) in [5.74, 6) is 1.71. The van der Waals surface area contributed by atoms with E-state index in [1.165, 1.54) is 5.56 Å². The molecule has 0 saturated carbocycles. The van der Waals surface area contributed by atoms with Crippen LogP contribution in [0, 0.1) is 0 Å². The third kappa shape index (κ3) is 3.95. The Kier molecular flexibility index (Phi) is 5.33. The summed E-state index contributed by atoms with van der Waals surface area (Å²) in [5, 5.41) is 4.13. The average molecular weight is 405 g/mol. The van der Waals surface area contributed by atoms with Gasteiger partial charge in [-0.25, -0.2) is 0 Å². The number of ether oxygens (including phenoxy) is 1. The third-order valence-electron chi connectivity index (χ3n) is 5.57. The number of amides is 1. The van der Waals surface area contributed by atoms with Crippen molar-refractivity contribution in [3.63, 3.8) is 0 Å². The second-order valence-electron chi connectivity index (χ2n) is 8.67. The molecule has 0 N–H and O–H groups in total. The standard InChI is InChI=1S/C24H27N3O3/c1-24(2,3)18-12-10-16(11-13-18)23(28)27-14-6-9-20(27)22-25-21(26-30-22)17-7-5-8-19(15-17)29-4/h5,7-8,10-13,15,20H,6,9,14H2,1-4H3. The zero-order valence-corrected chi connectivity index (χ0v) is 17.9. The van der Waals surface area contributed by atoms with E-state index in [9.17, 15) is 4.79 Å². The molecule has 156 valence electrons. The highest BCUT2D eigenvalue weighted by Crippen LogP contribution is 2.34. The van der Waals surface area contributed by atoms with Crippen molar-refractivity contribution < 1.29 is 14.1 Å². The Morgan fingerprint density at radius 3 is 2.63 bits per heavy atom. The number of benzene rings is 2. The molecule has 1 aliphatic heterocycles. The fraction of sp³-hybridized carbons (Fsp3) is 0.375. The van der Waals surface area contributed by atoms with Crippen LogP contribution in [0.1, 0.15) is 61.5 Å². The van der Waals surface area contributed by atoms with E-state index in [4.69, 9.17) is 9.26 Å². The van der Waals surface area contributed by atoms with Gasteiger partial charge in [0.25, 0.3) is 5.91 Å². The lowest BCUT2D eigenvalue weighted by molar-refractivity contribution is 0.0710. The predicted molar refractivity (Wildman–Crippen MR) is 114 cm³/mol. The van der Waals surface area contributed by atoms with Crippen molar-refractivity contribution in [2.75, 3.05) is 13.7 Å². The monoisotopic (exact) mass is 405 g/mol. The number of methoxy groups -OCH3 is 1. The first kappa shape index (κ1) is 20.1. The topological polar surface area (TPSA) is 68.5 Å². The minimum atomic E-state index is -0.202. The van der Waals surface area contributed by atoms with E-state index in [1.807, 2.05) is 53.4 Å². The molecule has 2 heterocycles. The summed E-state index contributed by atoms with van der Waals surface area (Å²) in [6.45, 7) is 7.17. The number of hydrogen-bond donors (Lipinski definition) is 0. The normalized spacial score (nSPS) is 16.7. The predicted octanol–water partition coefficient (Wildman–Crippen LogP) is 5.02. The van der Waals surface area contributed by atoms with Gasteiger partial charge in [-0.15, -0.1) is 0 Å². The van der Waals surface area contributed by atoms with Crippen molar-refractivity contribution in [2.45, 2.75) is 45.1 Å². The van der Waals surface area contributed by atoms with E-state index in [-0.39, 0.29) is 17.4 Å². The lowest BCUT2D eigenvalue weighted by atomic mass is 9.86. The van der Waals surface area contributed by atoms with Gasteiger partial charge < -0.3 is 14.2 Å². The summed E-state index contributed by atoms with van der Waals surface area (Å²) >= 11 is 0. The minimum absolute atomic E-state index is 0.000843. The highest BCUT2D eigenvalue weighted by molar-refractivity contribution is 5.94. The largest absolute Gasteiger partial charge is 0.497 e. The summed E-state index contributed by atoms with van der Waals surface area (Å²) in [7, 11) is 1.62. The van der Waals surface area contributed by atoms with Crippen LogP contribution in [0.4, 0.5) is 0 Å². The minimum Gasteiger partial charge on any atom is -0.497 e. The number of aromatic nitrogens is 2. The molecule has 0 aliphatic carbocycles. The van der Waals surface area contributed by atoms with Crippen molar-refractivity contribution in [1.29, 1.82) is 0 Å². The van der Waals surface area contributed by atoms with E-state index < -0.39 is 0 Å². The van der Waals surface area contributed by atoms with Gasteiger partial charge in [-0.05, 0) is 48.1 Å². The SMILES string of the molecule is COc1cccc(-c2noc(C3CCCN3C(=O)c3ccc(C(C)(C)C)cc3)n2)c1. The molecule has 0 spiro atoms. The van der Waals surface area contributed by atoms with Crippen molar-refractivity contribution in [3.05, 3.63) is 65.5 Å². The summed E-state index contributed by atoms with van der Waals surface area (Å²) < 4.78 is 10.8. The Hall–Kier alpha value is -3.15. The number of rotatable bonds is 4. The van der Waals surface area contributed by atoms with Crippen LogP contribution in [0.25, 0.3) is 11.4 Å². The maximum Gasteiger partial charge on any atom is 0.254 e. The number of hydrogen-bond acceptors (Lipinski definition) is 5. The van der Waals surface area contributed by atoms with Gasteiger partial charge in [0.2, 0.25) is 11.7 Å². The molecule has 0 bridgehead atoms. The molecule has 1 saturated heterocycles.